The van der Waals surface area contributed by atoms with Crippen LogP contribution in [0.1, 0.15) is 11.7 Å². The highest BCUT2D eigenvalue weighted by atomic mass is 16.5. The molecular weight excluding hydrogens is 249 g/mol. The van der Waals surface area contributed by atoms with E-state index in [1.807, 2.05) is 6.07 Å². The van der Waals surface area contributed by atoms with Gasteiger partial charge in [-0.2, -0.15) is 0 Å². The number of ether oxygens (including phenoxy) is 1. The third kappa shape index (κ3) is 2.91. The van der Waals surface area contributed by atoms with Crippen molar-refractivity contribution in [2.45, 2.75) is 6.10 Å². The highest BCUT2D eigenvalue weighted by Gasteiger charge is 2.37. The second-order valence-corrected chi connectivity index (χ2v) is 4.51. The molecule has 5 N–H and O–H groups in total. The average Bonchev–Trinajstić information content (AvgIpc) is 2.77. The van der Waals surface area contributed by atoms with Crippen molar-refractivity contribution in [1.82, 2.24) is 0 Å². The lowest BCUT2D eigenvalue weighted by Crippen LogP contribution is -2.31. The van der Waals surface area contributed by atoms with E-state index in [1.165, 1.54) is 0 Å². The first-order valence-electron chi connectivity index (χ1n) is 6.22. The van der Waals surface area contributed by atoms with Crippen molar-refractivity contribution >= 4 is 12.6 Å². The maximum atomic E-state index is 9.89. The molecule has 1 unspecified atom stereocenters. The molecule has 1 aromatic carbocycles. The van der Waals surface area contributed by atoms with Crippen LogP contribution in [0.4, 0.5) is 0 Å². The minimum atomic E-state index is -1.05. The van der Waals surface area contributed by atoms with Crippen LogP contribution in [-0.2, 0) is 4.65 Å². The van der Waals surface area contributed by atoms with Crippen LogP contribution in [0.3, 0.4) is 0 Å². The average molecular weight is 267 g/mol. The lowest BCUT2D eigenvalue weighted by molar-refractivity contribution is 0.106. The van der Waals surface area contributed by atoms with E-state index in [0.717, 1.165) is 5.56 Å². The summed E-state index contributed by atoms with van der Waals surface area (Å²) in [6, 6.07) is 5.35. The van der Waals surface area contributed by atoms with Crippen molar-refractivity contribution in [2.24, 2.45) is 11.7 Å². The van der Waals surface area contributed by atoms with Crippen LogP contribution in [0.25, 0.3) is 0 Å². The standard InChI is InChI=1S/C12H18BNO5/c14-4-11-9-2-1-3-10(12(9)13(17)19-11)18-7-8(5-15)6-16/h1-3,8,11,15-17H,4-7,14H2. The lowest BCUT2D eigenvalue weighted by atomic mass is 9.78. The molecule has 19 heavy (non-hydrogen) atoms. The summed E-state index contributed by atoms with van der Waals surface area (Å²) in [6.07, 6.45) is -0.333. The number of hydrogen-bond acceptors (Lipinski definition) is 6. The highest BCUT2D eigenvalue weighted by Crippen LogP contribution is 2.26. The topological polar surface area (TPSA) is 105 Å². The first kappa shape index (κ1) is 14.3. The second kappa shape index (κ2) is 6.36. The third-order valence-corrected chi connectivity index (χ3v) is 3.19. The largest absolute Gasteiger partial charge is 0.495 e. The van der Waals surface area contributed by atoms with Gasteiger partial charge in [0.05, 0.1) is 25.9 Å². The molecule has 1 aliphatic rings. The Hall–Kier alpha value is -1.12. The van der Waals surface area contributed by atoms with E-state index >= 15 is 0 Å². The zero-order valence-electron chi connectivity index (χ0n) is 10.5. The van der Waals surface area contributed by atoms with E-state index in [2.05, 4.69) is 0 Å². The molecule has 1 atom stereocenters. The van der Waals surface area contributed by atoms with Crippen molar-refractivity contribution in [2.75, 3.05) is 26.4 Å². The van der Waals surface area contributed by atoms with E-state index in [-0.39, 0.29) is 38.4 Å². The molecule has 0 aliphatic carbocycles. The first-order chi connectivity index (χ1) is 9.21. The summed E-state index contributed by atoms with van der Waals surface area (Å²) in [5, 5.41) is 27.9. The summed E-state index contributed by atoms with van der Waals surface area (Å²) in [5.74, 6) is 0.147. The van der Waals surface area contributed by atoms with Crippen LogP contribution in [0, 0.1) is 5.92 Å². The van der Waals surface area contributed by atoms with Gasteiger partial charge in [-0.3, -0.25) is 0 Å². The van der Waals surface area contributed by atoms with Crippen LogP contribution in [0.2, 0.25) is 0 Å². The van der Waals surface area contributed by atoms with Crippen molar-refractivity contribution in [3.63, 3.8) is 0 Å². The zero-order chi connectivity index (χ0) is 13.8. The van der Waals surface area contributed by atoms with Gasteiger partial charge in [-0.25, -0.2) is 0 Å². The van der Waals surface area contributed by atoms with Gasteiger partial charge in [0.25, 0.3) is 0 Å². The van der Waals surface area contributed by atoms with Crippen molar-refractivity contribution in [3.05, 3.63) is 23.8 Å². The van der Waals surface area contributed by atoms with Crippen molar-refractivity contribution in [3.8, 4) is 5.75 Å². The Morgan fingerprint density at radius 2 is 2.11 bits per heavy atom. The van der Waals surface area contributed by atoms with E-state index in [4.69, 9.17) is 25.3 Å². The number of hydrogen-bond donors (Lipinski definition) is 4. The van der Waals surface area contributed by atoms with E-state index < -0.39 is 7.12 Å². The molecule has 0 aromatic heterocycles. The van der Waals surface area contributed by atoms with Crippen LogP contribution in [0.15, 0.2) is 18.2 Å². The molecule has 0 bridgehead atoms. The maximum Gasteiger partial charge on any atom is 0.495 e. The Kier molecular flexibility index (Phi) is 4.78. The van der Waals surface area contributed by atoms with E-state index in [9.17, 15) is 5.02 Å². The number of rotatable bonds is 6. The maximum absolute atomic E-state index is 9.89. The van der Waals surface area contributed by atoms with Crippen LogP contribution >= 0.6 is 0 Å². The summed E-state index contributed by atoms with van der Waals surface area (Å²) in [7, 11) is -1.05. The monoisotopic (exact) mass is 267 g/mol. The summed E-state index contributed by atoms with van der Waals surface area (Å²) in [6.45, 7) is 0.138. The Bertz CT molecular complexity index is 427. The van der Waals surface area contributed by atoms with Gasteiger partial charge in [0.2, 0.25) is 0 Å². The molecule has 2 rings (SSSR count). The van der Waals surface area contributed by atoms with Gasteiger partial charge in [0.1, 0.15) is 5.75 Å². The fourth-order valence-corrected chi connectivity index (χ4v) is 2.08. The Morgan fingerprint density at radius 1 is 1.37 bits per heavy atom. The number of aliphatic hydroxyl groups is 2. The van der Waals surface area contributed by atoms with Gasteiger partial charge in [-0.15, -0.1) is 0 Å². The number of aliphatic hydroxyl groups excluding tert-OH is 2. The Labute approximate surface area is 111 Å². The fraction of sp³-hybridized carbons (Fsp3) is 0.500. The van der Waals surface area contributed by atoms with Crippen molar-refractivity contribution in [1.29, 1.82) is 0 Å². The molecule has 0 radical (unpaired) electrons. The van der Waals surface area contributed by atoms with Crippen LogP contribution < -0.4 is 15.9 Å². The second-order valence-electron chi connectivity index (χ2n) is 4.51. The molecular formula is C12H18BNO5. The Balaban J connectivity index is 2.17. The van der Waals surface area contributed by atoms with Gasteiger partial charge < -0.3 is 30.4 Å². The van der Waals surface area contributed by atoms with Gasteiger partial charge in [-0.05, 0) is 11.6 Å². The predicted octanol–water partition coefficient (Wildman–Crippen LogP) is -1.62. The van der Waals surface area contributed by atoms with Crippen LogP contribution in [0.5, 0.6) is 5.75 Å². The molecule has 0 spiro atoms. The molecule has 0 saturated carbocycles. The highest BCUT2D eigenvalue weighted by molar-refractivity contribution is 6.62. The molecule has 6 nitrogen and oxygen atoms in total. The van der Waals surface area contributed by atoms with Gasteiger partial charge in [0, 0.05) is 17.9 Å². The van der Waals surface area contributed by atoms with Crippen molar-refractivity contribution < 1.29 is 24.6 Å². The molecule has 1 heterocycles. The lowest BCUT2D eigenvalue weighted by Gasteiger charge is -2.15. The number of benzene rings is 1. The van der Waals surface area contributed by atoms with Gasteiger partial charge in [-0.1, -0.05) is 12.1 Å². The molecule has 0 fully saturated rings. The predicted molar refractivity (Wildman–Crippen MR) is 70.1 cm³/mol. The fourth-order valence-electron chi connectivity index (χ4n) is 2.08. The van der Waals surface area contributed by atoms with Gasteiger partial charge >= 0.3 is 7.12 Å². The van der Waals surface area contributed by atoms with Gasteiger partial charge in [0.15, 0.2) is 0 Å². The minimum absolute atomic E-state index is 0.157. The zero-order valence-corrected chi connectivity index (χ0v) is 10.5. The number of fused-ring (bicyclic) bond motifs is 1. The summed E-state index contributed by atoms with van der Waals surface area (Å²) >= 11 is 0. The third-order valence-electron chi connectivity index (χ3n) is 3.19. The van der Waals surface area contributed by atoms with E-state index in [0.29, 0.717) is 11.2 Å². The Morgan fingerprint density at radius 3 is 2.74 bits per heavy atom. The molecule has 1 aromatic rings. The molecule has 7 heteroatoms. The van der Waals surface area contributed by atoms with Crippen LogP contribution in [-0.4, -0.2) is 48.7 Å². The van der Waals surface area contributed by atoms with E-state index in [1.54, 1.807) is 12.1 Å². The summed E-state index contributed by atoms with van der Waals surface area (Å²) in [4.78, 5) is 0. The normalized spacial score (nSPS) is 17.9. The minimum Gasteiger partial charge on any atom is -0.493 e. The molecule has 1 aliphatic heterocycles. The molecule has 0 saturated heterocycles. The smallest absolute Gasteiger partial charge is 0.493 e. The molecule has 104 valence electrons. The summed E-state index contributed by atoms with van der Waals surface area (Å²) in [5.41, 5.74) is 6.98. The molecule has 0 amide bonds. The SMILES string of the molecule is NCC1OB(O)c2c(OCC(CO)CO)cccc21. The quantitative estimate of drug-likeness (QED) is 0.462. The first-order valence-corrected chi connectivity index (χ1v) is 6.22. The summed E-state index contributed by atoms with van der Waals surface area (Å²) < 4.78 is 10.9. The number of nitrogens with two attached hydrogens (primary N) is 1.